The molecule has 37 nitrogen and oxygen atoms in total. The van der Waals surface area contributed by atoms with Crippen LogP contribution in [-0.2, 0) is 101 Å². The summed E-state index contributed by atoms with van der Waals surface area (Å²) in [5.74, 6) is -14.1. The summed E-state index contributed by atoms with van der Waals surface area (Å²) in [7, 11) is 4.18. The number of carbonyl (C=O) groups is 16. The van der Waals surface area contributed by atoms with Crippen molar-refractivity contribution in [3.63, 3.8) is 0 Å². The Bertz CT molecular complexity index is 4810. The van der Waals surface area contributed by atoms with Gasteiger partial charge in [0.1, 0.15) is 78.2 Å². The van der Waals surface area contributed by atoms with Gasteiger partial charge in [-0.05, 0) is 128 Å². The summed E-state index contributed by atoms with van der Waals surface area (Å²) in [6, 6.07) is 11.8. The number of amides is 13. The number of nitrogens with two attached hydrogens (primary N) is 4. The average Bonchev–Trinajstić information content (AvgIpc) is 1.61. The number of fused-ring (bicyclic) bond motifs is 1. The van der Waals surface area contributed by atoms with Gasteiger partial charge in [-0.3, -0.25) is 76.8 Å². The van der Waals surface area contributed by atoms with Crippen molar-refractivity contribution in [2.75, 3.05) is 65.4 Å². The topological polar surface area (TPSA) is 558 Å². The Balaban J connectivity index is 1.02. The number of aldehydes is 1. The number of aromatic hydroxyl groups is 1. The third-order valence-corrected chi connectivity index (χ3v) is 24.4. The Morgan fingerprint density at radius 1 is 0.654 bits per heavy atom. The van der Waals surface area contributed by atoms with Crippen LogP contribution in [0.15, 0.2) is 115 Å². The fourth-order valence-electron chi connectivity index (χ4n) is 16.1. The smallest absolute Gasteiger partial charge is 0.305 e. The number of aliphatic carboxylic acids is 1. The van der Waals surface area contributed by atoms with Crippen LogP contribution < -0.4 is 65.5 Å². The van der Waals surface area contributed by atoms with Crippen LogP contribution in [0.3, 0.4) is 0 Å². The van der Waals surface area contributed by atoms with Gasteiger partial charge in [-0.25, -0.2) is 4.39 Å². The molecule has 0 aliphatic carbocycles. The summed E-state index contributed by atoms with van der Waals surface area (Å²) >= 11 is 0.778. The number of para-hydroxylation sites is 1. The van der Waals surface area contributed by atoms with Crippen LogP contribution >= 0.6 is 11.8 Å². The van der Waals surface area contributed by atoms with E-state index in [0.717, 1.165) is 39.1 Å². The lowest BCUT2D eigenvalue weighted by Crippen LogP contribution is -2.60. The van der Waals surface area contributed by atoms with Gasteiger partial charge in [0, 0.05) is 88.8 Å². The Labute approximate surface area is 759 Å². The van der Waals surface area contributed by atoms with Crippen LogP contribution in [-0.4, -0.2) is 285 Å². The first-order chi connectivity index (χ1) is 61.9. The number of rotatable bonds is 52. The first kappa shape index (κ1) is 103. The number of carbonyl (C=O) groups excluding carboxylic acids is 15. The zero-order chi connectivity index (χ0) is 95.2. The van der Waals surface area contributed by atoms with Gasteiger partial charge in [-0.1, -0.05) is 127 Å². The number of piperidine rings is 1. The van der Waals surface area contributed by atoms with E-state index >= 15 is 24.0 Å². The van der Waals surface area contributed by atoms with E-state index in [4.69, 9.17) is 27.7 Å². The predicted molar refractivity (Wildman–Crippen MR) is 482 cm³/mol. The molecule has 3 saturated heterocycles. The largest absolute Gasteiger partial charge is 0.508 e. The number of likely N-dealkylation sites (tertiary alicyclic amines) is 2. The maximum absolute atomic E-state index is 15.4. The number of ether oxygens (including phenoxy) is 1. The van der Waals surface area contributed by atoms with Crippen molar-refractivity contribution in [1.29, 1.82) is 0 Å². The second-order valence-corrected chi connectivity index (χ2v) is 34.8. The number of carboxylic acid groups (broad SMARTS) is 1. The molecule has 5 aromatic rings. The van der Waals surface area contributed by atoms with Crippen LogP contribution in [0.4, 0.5) is 4.39 Å². The van der Waals surface area contributed by atoms with Gasteiger partial charge in [-0.15, -0.1) is 11.8 Å². The van der Waals surface area contributed by atoms with E-state index < -0.39 is 198 Å². The van der Waals surface area contributed by atoms with Gasteiger partial charge in [-0.2, -0.15) is 0 Å². The van der Waals surface area contributed by atoms with Crippen molar-refractivity contribution in [1.82, 2.24) is 72.0 Å². The number of carboxylic acids is 1. The molecule has 706 valence electrons. The van der Waals surface area contributed by atoms with Gasteiger partial charge in [0.25, 0.3) is 5.91 Å². The zero-order valence-electron chi connectivity index (χ0n) is 74.7. The Kier molecular flexibility index (Phi) is 39.9. The molecule has 3 fully saturated rings. The van der Waals surface area contributed by atoms with Gasteiger partial charge < -0.3 is 110 Å². The molecule has 39 heteroatoms. The van der Waals surface area contributed by atoms with Gasteiger partial charge in [0.15, 0.2) is 5.78 Å². The highest BCUT2D eigenvalue weighted by molar-refractivity contribution is 8.00. The summed E-state index contributed by atoms with van der Waals surface area (Å²) in [5, 5.41) is 42.4. The molecule has 14 atom stereocenters. The van der Waals surface area contributed by atoms with Gasteiger partial charge in [0.05, 0.1) is 49.4 Å². The quantitative estimate of drug-likeness (QED) is 0.0147. The zero-order valence-corrected chi connectivity index (χ0v) is 75.5. The van der Waals surface area contributed by atoms with E-state index in [2.05, 4.69) is 47.5 Å². The lowest BCUT2D eigenvalue weighted by molar-refractivity contribution is -0.147. The number of likely N-dealkylation sites (N-methyl/N-ethyl adjacent to an activating group) is 3. The highest BCUT2D eigenvalue weighted by atomic mass is 32.2. The number of primary amides is 2. The lowest BCUT2D eigenvalue weighted by atomic mass is 9.95. The SMILES string of the molecule is CCCC[C@@H](C(=O)N1CCC[C@@H]1C(=O)N[C@H](C=O)CC(=O)O)N(C)C(=O)/C(=C/c1ccccc1)N(C)C(=O)[C@H](Cc1ccc(F)cc1)NC(=O)CSC[C@H](NC(=O)[C@H](CCCN)NC(=O)[C@H](Cc1ccc(O)cc1)NC(=O)[C@H](Cc1c[nH]c2ccccc12)NC(=O)[C@H]1CCCCN1C1OC1[C@H](CCC(N)=O)NCC(=O)[C@H](C(C)C)N(C)C(=O)[C@@H](N)C(C)C)C(=O)NCC(N)=O. The molecule has 0 spiro atoms. The summed E-state index contributed by atoms with van der Waals surface area (Å²) in [5.41, 5.74) is 25.6. The number of phenols is 1. The number of nitrogens with zero attached hydrogens (tertiary/aromatic N) is 5. The minimum Gasteiger partial charge on any atom is -0.508 e. The summed E-state index contributed by atoms with van der Waals surface area (Å²) < 4.78 is 20.9. The van der Waals surface area contributed by atoms with Gasteiger partial charge >= 0.3 is 5.97 Å². The fraction of sp³-hybridized carbons (Fsp3) is 0.516. The van der Waals surface area contributed by atoms with Crippen LogP contribution in [0, 0.1) is 17.7 Å². The fourth-order valence-corrected chi connectivity index (χ4v) is 17.0. The maximum Gasteiger partial charge on any atom is 0.305 e. The van der Waals surface area contributed by atoms with Crippen molar-refractivity contribution in [3.05, 3.63) is 143 Å². The van der Waals surface area contributed by atoms with E-state index in [0.29, 0.717) is 72.8 Å². The number of ketones is 1. The molecule has 1 aromatic heterocycles. The van der Waals surface area contributed by atoms with Crippen LogP contribution in [0.25, 0.3) is 17.0 Å². The molecule has 3 aliphatic heterocycles. The minimum atomic E-state index is -1.61. The van der Waals surface area contributed by atoms with E-state index in [1.54, 1.807) is 42.6 Å². The van der Waals surface area contributed by atoms with Crippen molar-refractivity contribution in [2.24, 2.45) is 34.8 Å². The molecule has 4 heterocycles. The third-order valence-electron chi connectivity index (χ3n) is 23.3. The number of thioether (sulfide) groups is 1. The normalized spacial score (nSPS) is 17.9. The Morgan fingerprint density at radius 3 is 1.92 bits per heavy atom. The first-order valence-corrected chi connectivity index (χ1v) is 45.1. The molecule has 19 N–H and O–H groups in total. The van der Waals surface area contributed by atoms with E-state index in [1.807, 2.05) is 57.7 Å². The second-order valence-electron chi connectivity index (χ2n) is 33.8. The van der Waals surface area contributed by atoms with Gasteiger partial charge in [0.2, 0.25) is 70.9 Å². The van der Waals surface area contributed by atoms with Crippen molar-refractivity contribution in [3.8, 4) is 5.75 Å². The predicted octanol–water partition coefficient (Wildman–Crippen LogP) is 1.04. The van der Waals surface area contributed by atoms with E-state index in [1.165, 1.54) is 73.4 Å². The number of aromatic amines is 1. The summed E-state index contributed by atoms with van der Waals surface area (Å²) in [6.07, 6.45) is 3.74. The average molecular weight is 1830 g/mol. The summed E-state index contributed by atoms with van der Waals surface area (Å²) in [6.45, 7) is 8.61. The molecular formula is C91H125FN18O19S. The number of epoxide rings is 1. The number of Topliss-reactive ketones (excluding diaryl/α,β-unsaturated/α-hetero) is 1. The lowest BCUT2D eigenvalue weighted by Gasteiger charge is -2.35. The number of nitrogens with one attached hydrogen (secondary N) is 9. The third kappa shape index (κ3) is 30.0. The Morgan fingerprint density at radius 2 is 1.28 bits per heavy atom. The standard InChI is InChI=1S/C91H125FN18O19S/c1-9-10-25-71(89(127)109-40-19-27-69(109)85(123)100-59(49-111)45-77(117)118)106(6)88(126)72(43-54-20-12-11-13-21-54)107(7)87(125)67(42-55-28-32-58(92)33-29-55)101-76(116)51-130-50-68(81(119)99-48-75(95)115)105-82(120)64(24-18-38-93)102-83(121)65(41-56-30-34-60(112)35-31-56)103-84(122)66(44-57-46-97-62-23-15-14-22-61(57)62)104-86(124)70-26-16-17-39-110(70)91-80(129-91)63(36-37-74(94)114)98-47-73(113)79(53(4)5)108(8)90(128)78(96)52(2)3/h11-15,20-23,28-35,43,46,49,52-53,59,63-71,78-80,91,97-98,112H,9-10,16-19,24-27,36-42,44-45,47-48,50-51,93,96H2,1-8H3,(H2,94,114)(H2,95,115)(H,99,119)(H,100,123)(H,101,116)(H,102,121)(H,103,122)(H,104,124)(H,105,120)(H,117,118)/b72-43-/t59-,63-,64-,65-,66-,67-,68-,69+,70+,71-,78-,79-,80?,91?/m0/s1. The number of hydrogen-bond acceptors (Lipinski definition) is 23. The number of hydrogen-bond donors (Lipinski definition) is 15. The highest BCUT2D eigenvalue weighted by Gasteiger charge is 2.53. The molecule has 3 aliphatic rings. The highest BCUT2D eigenvalue weighted by Crippen LogP contribution is 2.36. The maximum atomic E-state index is 15.4. The Hall–Kier alpha value is -12.0. The number of unbranched alkanes of at least 4 members (excludes halogenated alkanes) is 1. The number of H-pyrrole nitrogens is 1. The van der Waals surface area contributed by atoms with Crippen LogP contribution in [0.5, 0.6) is 5.75 Å². The van der Waals surface area contributed by atoms with Crippen molar-refractivity contribution >= 4 is 124 Å². The van der Waals surface area contributed by atoms with E-state index in [-0.39, 0.29) is 113 Å². The molecule has 0 bridgehead atoms. The molecular weight excluding hydrogens is 1700 g/mol. The molecule has 0 saturated carbocycles. The molecule has 8 rings (SSSR count). The number of halogens is 1. The summed E-state index contributed by atoms with van der Waals surface area (Å²) in [4.78, 5) is 234. The molecule has 2 unspecified atom stereocenters. The van der Waals surface area contributed by atoms with Crippen molar-refractivity contribution < 1.29 is 96.1 Å². The number of benzene rings is 4. The van der Waals surface area contributed by atoms with Crippen LogP contribution in [0.1, 0.15) is 140 Å². The van der Waals surface area contributed by atoms with Crippen molar-refractivity contribution in [2.45, 2.75) is 222 Å². The second kappa shape index (κ2) is 50.2. The number of phenolic OH excluding ortho intramolecular Hbond substituents is 1. The van der Waals surface area contributed by atoms with E-state index in [9.17, 15) is 67.3 Å². The van der Waals surface area contributed by atoms with Crippen LogP contribution in [0.2, 0.25) is 0 Å². The molecule has 130 heavy (non-hydrogen) atoms. The monoisotopic (exact) mass is 1820 g/mol. The molecule has 0 radical (unpaired) electrons. The number of aromatic nitrogens is 1. The first-order valence-electron chi connectivity index (χ1n) is 43.9. The molecule has 4 aromatic carbocycles. The minimum absolute atomic E-state index is 0.0149. The molecule has 13 amide bonds.